The second-order valence-electron chi connectivity index (χ2n) is 2.89. The molecule has 0 N–H and O–H groups in total. The molecule has 0 aliphatic heterocycles. The number of aldehydes is 1. The summed E-state index contributed by atoms with van der Waals surface area (Å²) in [6.45, 7) is 4.42. The van der Waals surface area contributed by atoms with Crippen molar-refractivity contribution in [3.05, 3.63) is 12.2 Å². The van der Waals surface area contributed by atoms with Crippen molar-refractivity contribution < 1.29 is 4.79 Å². The van der Waals surface area contributed by atoms with Crippen molar-refractivity contribution in [2.75, 3.05) is 0 Å². The van der Waals surface area contributed by atoms with Crippen LogP contribution in [0.25, 0.3) is 0 Å². The fourth-order valence-electron chi connectivity index (χ4n) is 0.796. The predicted molar refractivity (Wildman–Crippen MR) is 43.9 cm³/mol. The summed E-state index contributed by atoms with van der Waals surface area (Å²) < 4.78 is 0. The standard InChI is InChI=1S/C9H16O/c1-9(2)7-5-3-4-6-8-10/h4,6,8-9H,3,5,7H2,1-2H3/b6-4+. The molecule has 0 amide bonds. The molecule has 0 atom stereocenters. The largest absolute Gasteiger partial charge is 0.299 e. The molecule has 0 rings (SSSR count). The molecule has 0 saturated heterocycles. The number of hydrogen-bond acceptors (Lipinski definition) is 1. The molecule has 10 heavy (non-hydrogen) atoms. The number of unbranched alkanes of at least 4 members (excludes halogenated alkanes) is 1. The van der Waals surface area contributed by atoms with Crippen molar-refractivity contribution in [1.82, 2.24) is 0 Å². The van der Waals surface area contributed by atoms with E-state index >= 15 is 0 Å². The maximum absolute atomic E-state index is 9.82. The van der Waals surface area contributed by atoms with Crippen molar-refractivity contribution in [3.63, 3.8) is 0 Å². The maximum Gasteiger partial charge on any atom is 0.142 e. The highest BCUT2D eigenvalue weighted by atomic mass is 16.1. The minimum absolute atomic E-state index is 0.782. The quantitative estimate of drug-likeness (QED) is 0.326. The molecule has 0 spiro atoms. The molecule has 0 saturated carbocycles. The van der Waals surface area contributed by atoms with Crippen LogP contribution >= 0.6 is 0 Å². The van der Waals surface area contributed by atoms with Crippen LogP contribution in [0.3, 0.4) is 0 Å². The number of carbonyl (C=O) groups excluding carboxylic acids is 1. The molecular weight excluding hydrogens is 124 g/mol. The lowest BCUT2D eigenvalue weighted by Gasteiger charge is -1.99. The van der Waals surface area contributed by atoms with Gasteiger partial charge in [0.15, 0.2) is 0 Å². The maximum atomic E-state index is 9.82. The Morgan fingerprint density at radius 1 is 1.40 bits per heavy atom. The molecule has 0 fully saturated rings. The van der Waals surface area contributed by atoms with Gasteiger partial charge in [0, 0.05) is 0 Å². The van der Waals surface area contributed by atoms with E-state index in [1.807, 2.05) is 6.08 Å². The van der Waals surface area contributed by atoms with Gasteiger partial charge in [-0.2, -0.15) is 0 Å². The van der Waals surface area contributed by atoms with E-state index in [0.717, 1.165) is 18.6 Å². The summed E-state index contributed by atoms with van der Waals surface area (Å²) in [5.74, 6) is 0.782. The Hall–Kier alpha value is -0.590. The molecule has 0 aliphatic rings. The lowest BCUT2D eigenvalue weighted by atomic mass is 10.1. The normalized spacial score (nSPS) is 11.1. The van der Waals surface area contributed by atoms with Crippen LogP contribution in [0.1, 0.15) is 33.1 Å². The molecule has 0 radical (unpaired) electrons. The molecule has 0 aliphatic carbocycles. The van der Waals surface area contributed by atoms with Crippen LogP contribution in [0.4, 0.5) is 0 Å². The summed E-state index contributed by atoms with van der Waals surface area (Å²) in [5.41, 5.74) is 0. The van der Waals surface area contributed by atoms with Crippen LogP contribution in [0, 0.1) is 5.92 Å². The summed E-state index contributed by atoms with van der Waals surface area (Å²) in [6, 6.07) is 0. The zero-order valence-corrected chi connectivity index (χ0v) is 6.84. The third-order valence-electron chi connectivity index (χ3n) is 1.37. The molecule has 0 bridgehead atoms. The average Bonchev–Trinajstić information content (AvgIpc) is 1.87. The van der Waals surface area contributed by atoms with E-state index in [4.69, 9.17) is 0 Å². The third-order valence-corrected chi connectivity index (χ3v) is 1.37. The van der Waals surface area contributed by atoms with Gasteiger partial charge in [0.25, 0.3) is 0 Å². The van der Waals surface area contributed by atoms with Gasteiger partial charge in [-0.05, 0) is 24.8 Å². The van der Waals surface area contributed by atoms with Gasteiger partial charge in [0.05, 0.1) is 0 Å². The second kappa shape index (κ2) is 6.53. The van der Waals surface area contributed by atoms with Gasteiger partial charge in [-0.1, -0.05) is 26.3 Å². The van der Waals surface area contributed by atoms with Gasteiger partial charge in [0.1, 0.15) is 6.29 Å². The van der Waals surface area contributed by atoms with Gasteiger partial charge in [-0.3, -0.25) is 4.79 Å². The second-order valence-corrected chi connectivity index (χ2v) is 2.89. The molecular formula is C9H16O. The minimum Gasteiger partial charge on any atom is -0.299 e. The number of rotatable bonds is 5. The fraction of sp³-hybridized carbons (Fsp3) is 0.667. The Morgan fingerprint density at radius 2 is 2.10 bits per heavy atom. The van der Waals surface area contributed by atoms with E-state index in [2.05, 4.69) is 13.8 Å². The predicted octanol–water partition coefficient (Wildman–Crippen LogP) is 2.57. The van der Waals surface area contributed by atoms with Gasteiger partial charge in [0.2, 0.25) is 0 Å². The molecule has 58 valence electrons. The number of allylic oxidation sites excluding steroid dienone is 2. The lowest BCUT2D eigenvalue weighted by Crippen LogP contribution is -1.84. The Balaban J connectivity index is 3.04. The van der Waals surface area contributed by atoms with Crippen molar-refractivity contribution in [2.45, 2.75) is 33.1 Å². The average molecular weight is 140 g/mol. The highest BCUT2D eigenvalue weighted by Gasteiger charge is 1.90. The van der Waals surface area contributed by atoms with E-state index in [0.29, 0.717) is 0 Å². The van der Waals surface area contributed by atoms with Gasteiger partial charge in [-0.15, -0.1) is 0 Å². The summed E-state index contributed by atoms with van der Waals surface area (Å²) in [7, 11) is 0. The van der Waals surface area contributed by atoms with E-state index < -0.39 is 0 Å². The molecule has 1 heteroatoms. The van der Waals surface area contributed by atoms with Crippen molar-refractivity contribution >= 4 is 6.29 Å². The SMILES string of the molecule is CC(C)CCC/C=C/C=O. The summed E-state index contributed by atoms with van der Waals surface area (Å²) in [6.07, 6.45) is 7.81. The van der Waals surface area contributed by atoms with Crippen LogP contribution in [-0.4, -0.2) is 6.29 Å². The molecule has 0 aromatic carbocycles. The smallest absolute Gasteiger partial charge is 0.142 e. The van der Waals surface area contributed by atoms with Gasteiger partial charge >= 0.3 is 0 Å². The summed E-state index contributed by atoms with van der Waals surface area (Å²) >= 11 is 0. The molecule has 0 heterocycles. The summed E-state index contributed by atoms with van der Waals surface area (Å²) in [5, 5.41) is 0. The lowest BCUT2D eigenvalue weighted by molar-refractivity contribution is -0.104. The third kappa shape index (κ3) is 7.41. The zero-order valence-electron chi connectivity index (χ0n) is 6.84. The highest BCUT2D eigenvalue weighted by Crippen LogP contribution is 2.05. The Kier molecular flexibility index (Phi) is 6.14. The first-order valence-electron chi connectivity index (χ1n) is 3.87. The van der Waals surface area contributed by atoms with Crippen molar-refractivity contribution in [1.29, 1.82) is 0 Å². The Morgan fingerprint density at radius 3 is 2.60 bits per heavy atom. The van der Waals surface area contributed by atoms with E-state index in [9.17, 15) is 4.79 Å². The van der Waals surface area contributed by atoms with Crippen LogP contribution in [0.15, 0.2) is 12.2 Å². The number of carbonyl (C=O) groups is 1. The molecule has 0 unspecified atom stereocenters. The fourth-order valence-corrected chi connectivity index (χ4v) is 0.796. The topological polar surface area (TPSA) is 17.1 Å². The zero-order chi connectivity index (χ0) is 7.82. The molecule has 1 nitrogen and oxygen atoms in total. The Labute approximate surface area is 63.1 Å². The van der Waals surface area contributed by atoms with E-state index in [-0.39, 0.29) is 0 Å². The van der Waals surface area contributed by atoms with Crippen molar-refractivity contribution in [3.8, 4) is 0 Å². The first-order valence-corrected chi connectivity index (χ1v) is 3.87. The highest BCUT2D eigenvalue weighted by molar-refractivity contribution is 5.64. The first-order chi connectivity index (χ1) is 4.77. The minimum atomic E-state index is 0.782. The van der Waals surface area contributed by atoms with Gasteiger partial charge in [-0.25, -0.2) is 0 Å². The monoisotopic (exact) mass is 140 g/mol. The number of hydrogen-bond donors (Lipinski definition) is 0. The van der Waals surface area contributed by atoms with Gasteiger partial charge < -0.3 is 0 Å². The van der Waals surface area contributed by atoms with Crippen LogP contribution < -0.4 is 0 Å². The molecule has 0 aromatic heterocycles. The Bertz CT molecular complexity index is 103. The first kappa shape index (κ1) is 9.41. The van der Waals surface area contributed by atoms with Crippen molar-refractivity contribution in [2.24, 2.45) is 5.92 Å². The summed E-state index contributed by atoms with van der Waals surface area (Å²) in [4.78, 5) is 9.82. The molecule has 0 aromatic rings. The van der Waals surface area contributed by atoms with E-state index in [1.165, 1.54) is 12.8 Å². The van der Waals surface area contributed by atoms with E-state index in [1.54, 1.807) is 6.08 Å². The van der Waals surface area contributed by atoms with Crippen LogP contribution in [-0.2, 0) is 4.79 Å². The van der Waals surface area contributed by atoms with Crippen LogP contribution in [0.5, 0.6) is 0 Å². The van der Waals surface area contributed by atoms with Crippen LogP contribution in [0.2, 0.25) is 0 Å².